The molecule has 0 heterocycles. The van der Waals surface area contributed by atoms with Crippen molar-refractivity contribution in [2.45, 2.75) is 81.1 Å². The summed E-state index contributed by atoms with van der Waals surface area (Å²) >= 11 is 0. The lowest BCUT2D eigenvalue weighted by molar-refractivity contribution is 0.772. The Bertz CT molecular complexity index is 287. The maximum absolute atomic E-state index is 4.22. The summed E-state index contributed by atoms with van der Waals surface area (Å²) in [5.41, 5.74) is 3.10. The molecule has 0 atom stereocenters. The van der Waals surface area contributed by atoms with Gasteiger partial charge in [-0.3, -0.25) is 4.99 Å². The molecule has 0 bridgehead atoms. The minimum atomic E-state index is 0.809. The SMILES string of the molecule is C=C(/C=C\C(C)=C/CC)N=C(C)C.CC.CCCCC. The van der Waals surface area contributed by atoms with Crippen LogP contribution in [0.3, 0.4) is 0 Å². The lowest BCUT2D eigenvalue weighted by Gasteiger charge is -1.93. The van der Waals surface area contributed by atoms with Crippen molar-refractivity contribution in [3.8, 4) is 0 Å². The van der Waals surface area contributed by atoms with Gasteiger partial charge < -0.3 is 0 Å². The number of hydrogen-bond acceptors (Lipinski definition) is 1. The normalized spacial score (nSPS) is 10.1. The number of rotatable bonds is 6. The zero-order valence-corrected chi connectivity index (χ0v) is 15.2. The quantitative estimate of drug-likeness (QED) is 0.362. The third-order valence-corrected chi connectivity index (χ3v) is 2.14. The molecule has 0 aliphatic heterocycles. The fourth-order valence-electron chi connectivity index (χ4n) is 1.30. The summed E-state index contributed by atoms with van der Waals surface area (Å²) in [6.07, 6.45) is 11.3. The van der Waals surface area contributed by atoms with Gasteiger partial charge in [0, 0.05) is 5.71 Å². The van der Waals surface area contributed by atoms with E-state index in [-0.39, 0.29) is 0 Å². The third-order valence-electron chi connectivity index (χ3n) is 2.14. The summed E-state index contributed by atoms with van der Waals surface area (Å²) in [6, 6.07) is 0. The molecule has 0 amide bonds. The molecule has 0 aromatic rings. The predicted octanol–water partition coefficient (Wildman–Crippen LogP) is 7.12. The second-order valence-electron chi connectivity index (χ2n) is 4.59. The molecule has 0 aliphatic carbocycles. The van der Waals surface area contributed by atoms with Crippen LogP contribution in [-0.4, -0.2) is 5.71 Å². The minimum absolute atomic E-state index is 0.809. The molecule has 0 unspecified atom stereocenters. The van der Waals surface area contributed by atoms with Crippen molar-refractivity contribution >= 4 is 5.71 Å². The molecule has 0 aliphatic rings. The van der Waals surface area contributed by atoms with E-state index in [0.29, 0.717) is 0 Å². The van der Waals surface area contributed by atoms with Gasteiger partial charge in [-0.2, -0.15) is 0 Å². The summed E-state index contributed by atoms with van der Waals surface area (Å²) in [5, 5.41) is 0. The van der Waals surface area contributed by atoms with E-state index >= 15 is 0 Å². The largest absolute Gasteiger partial charge is 0.259 e. The first-order chi connectivity index (χ1) is 9.47. The standard InChI is InChI=1S/C12H19N.C5H12.C2H6/c1-6-7-11(4)8-9-12(5)13-10(2)3;1-3-5-4-2;1-2/h7-9H,5-6H2,1-4H3;3-5H2,1-2H3;1-2H3/b9-8-,11-7-;;. The maximum atomic E-state index is 4.22. The first-order valence-corrected chi connectivity index (χ1v) is 8.03. The zero-order chi connectivity index (χ0) is 16.4. The van der Waals surface area contributed by atoms with Crippen molar-refractivity contribution in [2.24, 2.45) is 4.99 Å². The molecule has 0 radical (unpaired) electrons. The zero-order valence-electron chi connectivity index (χ0n) is 15.2. The fraction of sp³-hybridized carbons (Fsp3) is 0.632. The van der Waals surface area contributed by atoms with Gasteiger partial charge in [0.2, 0.25) is 0 Å². The average Bonchev–Trinajstić information content (AvgIpc) is 2.40. The van der Waals surface area contributed by atoms with Crippen molar-refractivity contribution < 1.29 is 0 Å². The van der Waals surface area contributed by atoms with Gasteiger partial charge in [-0.25, -0.2) is 0 Å². The highest BCUT2D eigenvalue weighted by molar-refractivity contribution is 5.80. The Morgan fingerprint density at radius 3 is 1.75 bits per heavy atom. The molecule has 0 saturated carbocycles. The van der Waals surface area contributed by atoms with E-state index in [1.807, 2.05) is 39.8 Å². The van der Waals surface area contributed by atoms with Crippen LogP contribution in [0.4, 0.5) is 0 Å². The van der Waals surface area contributed by atoms with E-state index in [4.69, 9.17) is 0 Å². The molecule has 1 heteroatoms. The monoisotopic (exact) mass is 279 g/mol. The van der Waals surface area contributed by atoms with Crippen LogP contribution < -0.4 is 0 Å². The van der Waals surface area contributed by atoms with Gasteiger partial charge in [-0.1, -0.05) is 78.2 Å². The Morgan fingerprint density at radius 2 is 1.45 bits per heavy atom. The maximum Gasteiger partial charge on any atom is 0.0557 e. The summed E-state index contributed by atoms with van der Waals surface area (Å²) in [5.74, 6) is 0. The van der Waals surface area contributed by atoms with Gasteiger partial charge >= 0.3 is 0 Å². The minimum Gasteiger partial charge on any atom is -0.259 e. The Labute approximate surface area is 128 Å². The number of unbranched alkanes of at least 4 members (excludes halogenated alkanes) is 2. The van der Waals surface area contributed by atoms with Gasteiger partial charge in [0.15, 0.2) is 0 Å². The van der Waals surface area contributed by atoms with Crippen molar-refractivity contribution in [3.63, 3.8) is 0 Å². The second kappa shape index (κ2) is 20.2. The Balaban J connectivity index is -0.000000346. The number of allylic oxidation sites excluding steroid dienone is 4. The molecule has 0 rings (SSSR count). The second-order valence-corrected chi connectivity index (χ2v) is 4.59. The van der Waals surface area contributed by atoms with Gasteiger partial charge in [-0.05, 0) is 33.3 Å². The topological polar surface area (TPSA) is 12.4 Å². The van der Waals surface area contributed by atoms with Crippen LogP contribution in [-0.2, 0) is 0 Å². The molecule has 1 nitrogen and oxygen atoms in total. The van der Waals surface area contributed by atoms with Crippen LogP contribution in [0.25, 0.3) is 0 Å². The van der Waals surface area contributed by atoms with Crippen LogP contribution >= 0.6 is 0 Å². The van der Waals surface area contributed by atoms with Crippen LogP contribution in [0.2, 0.25) is 0 Å². The highest BCUT2D eigenvalue weighted by Crippen LogP contribution is 2.02. The average molecular weight is 280 g/mol. The van der Waals surface area contributed by atoms with Gasteiger partial charge in [-0.15, -0.1) is 0 Å². The smallest absolute Gasteiger partial charge is 0.0557 e. The van der Waals surface area contributed by atoms with Crippen LogP contribution in [0.1, 0.15) is 81.1 Å². The highest BCUT2D eigenvalue weighted by Gasteiger charge is 1.84. The Kier molecular flexibility index (Phi) is 24.2. The van der Waals surface area contributed by atoms with Gasteiger partial charge in [0.05, 0.1) is 5.70 Å². The lowest BCUT2D eigenvalue weighted by atomic mass is 10.2. The molecule has 0 fully saturated rings. The molecular weight excluding hydrogens is 242 g/mol. The first kappa shape index (κ1) is 23.9. The fourth-order valence-corrected chi connectivity index (χ4v) is 1.30. The first-order valence-electron chi connectivity index (χ1n) is 8.03. The van der Waals surface area contributed by atoms with E-state index in [1.54, 1.807) is 0 Å². The van der Waals surface area contributed by atoms with Crippen LogP contribution in [0.5, 0.6) is 0 Å². The molecule has 0 N–H and O–H groups in total. The third kappa shape index (κ3) is 25.7. The van der Waals surface area contributed by atoms with Gasteiger partial charge in [0.1, 0.15) is 0 Å². The lowest BCUT2D eigenvalue weighted by Crippen LogP contribution is -1.80. The Hall–Kier alpha value is -1.11. The van der Waals surface area contributed by atoms with Crippen molar-refractivity contribution in [2.75, 3.05) is 0 Å². The predicted molar refractivity (Wildman–Crippen MR) is 97.7 cm³/mol. The summed E-state index contributed by atoms with van der Waals surface area (Å²) in [4.78, 5) is 4.22. The van der Waals surface area contributed by atoms with Crippen molar-refractivity contribution in [3.05, 3.63) is 36.1 Å². The van der Waals surface area contributed by atoms with E-state index in [1.165, 1.54) is 24.8 Å². The van der Waals surface area contributed by atoms with E-state index in [9.17, 15) is 0 Å². The summed E-state index contributed by atoms with van der Waals surface area (Å²) in [6.45, 7) is 20.4. The van der Waals surface area contributed by atoms with E-state index in [0.717, 1.165) is 17.8 Å². The summed E-state index contributed by atoms with van der Waals surface area (Å²) in [7, 11) is 0. The van der Waals surface area contributed by atoms with Crippen molar-refractivity contribution in [1.29, 1.82) is 0 Å². The molecule has 0 saturated heterocycles. The van der Waals surface area contributed by atoms with E-state index in [2.05, 4.69) is 45.3 Å². The molecule has 0 aromatic heterocycles. The molecule has 20 heavy (non-hydrogen) atoms. The van der Waals surface area contributed by atoms with Crippen molar-refractivity contribution in [1.82, 2.24) is 0 Å². The molecular formula is C19H37N. The van der Waals surface area contributed by atoms with Crippen LogP contribution in [0.15, 0.2) is 41.1 Å². The number of nitrogens with zero attached hydrogens (tertiary/aromatic N) is 1. The molecule has 0 aromatic carbocycles. The molecule has 118 valence electrons. The van der Waals surface area contributed by atoms with E-state index < -0.39 is 0 Å². The Morgan fingerprint density at radius 1 is 0.950 bits per heavy atom. The summed E-state index contributed by atoms with van der Waals surface area (Å²) < 4.78 is 0. The number of hydrogen-bond donors (Lipinski definition) is 0. The number of aliphatic imine (C=N–C) groups is 1. The van der Waals surface area contributed by atoms with Gasteiger partial charge in [0.25, 0.3) is 0 Å². The van der Waals surface area contributed by atoms with Crippen LogP contribution in [0, 0.1) is 0 Å². The highest BCUT2D eigenvalue weighted by atomic mass is 14.7. The molecule has 0 spiro atoms.